The first kappa shape index (κ1) is 13.8. The molecule has 0 aliphatic heterocycles. The minimum Gasteiger partial charge on any atom is -0.339 e. The van der Waals surface area contributed by atoms with Crippen molar-refractivity contribution in [3.8, 4) is 0 Å². The van der Waals surface area contributed by atoms with Crippen LogP contribution < -0.4 is 0 Å². The first-order chi connectivity index (χ1) is 9.19. The zero-order chi connectivity index (χ0) is 13.7. The molecule has 1 heterocycles. The summed E-state index contributed by atoms with van der Waals surface area (Å²) in [5.74, 6) is 2.17. The van der Waals surface area contributed by atoms with E-state index in [2.05, 4.69) is 17.1 Å². The molecule has 0 aliphatic carbocycles. The van der Waals surface area contributed by atoms with E-state index < -0.39 is 0 Å². The van der Waals surface area contributed by atoms with E-state index in [0.29, 0.717) is 17.5 Å². The van der Waals surface area contributed by atoms with Gasteiger partial charge in [0.25, 0.3) is 0 Å². The summed E-state index contributed by atoms with van der Waals surface area (Å²) >= 11 is 1.63. The second-order valence-electron chi connectivity index (χ2n) is 4.22. The van der Waals surface area contributed by atoms with Gasteiger partial charge in [-0.05, 0) is 25.5 Å². The van der Waals surface area contributed by atoms with Crippen LogP contribution in [0.3, 0.4) is 0 Å². The molecule has 0 spiro atoms. The van der Waals surface area contributed by atoms with Crippen molar-refractivity contribution in [2.24, 2.45) is 0 Å². The molecule has 0 saturated carbocycles. The van der Waals surface area contributed by atoms with Crippen molar-refractivity contribution in [3.05, 3.63) is 41.5 Å². The second kappa shape index (κ2) is 6.52. The van der Waals surface area contributed by atoms with E-state index in [4.69, 9.17) is 4.52 Å². The topological polar surface area (TPSA) is 56.0 Å². The summed E-state index contributed by atoms with van der Waals surface area (Å²) in [5, 5.41) is 3.93. The lowest BCUT2D eigenvalue weighted by Crippen LogP contribution is -1.90. The summed E-state index contributed by atoms with van der Waals surface area (Å²) in [4.78, 5) is 16.6. The van der Waals surface area contributed by atoms with Crippen molar-refractivity contribution in [2.45, 2.75) is 37.3 Å². The molecule has 1 aromatic heterocycles. The molecular weight excluding hydrogens is 260 g/mol. The van der Waals surface area contributed by atoms with E-state index in [1.165, 1.54) is 0 Å². The summed E-state index contributed by atoms with van der Waals surface area (Å²) in [7, 11) is 0. The fourth-order valence-electron chi connectivity index (χ4n) is 1.60. The summed E-state index contributed by atoms with van der Waals surface area (Å²) < 4.78 is 5.12. The minimum absolute atomic E-state index is 0.0823. The van der Waals surface area contributed by atoms with Gasteiger partial charge in [0.1, 0.15) is 0 Å². The molecule has 1 aromatic carbocycles. The van der Waals surface area contributed by atoms with Crippen molar-refractivity contribution in [2.75, 3.05) is 0 Å². The van der Waals surface area contributed by atoms with Crippen LogP contribution in [0.5, 0.6) is 0 Å². The van der Waals surface area contributed by atoms with Gasteiger partial charge in [0.05, 0.1) is 5.75 Å². The molecule has 0 fully saturated rings. The third kappa shape index (κ3) is 3.92. The van der Waals surface area contributed by atoms with Crippen molar-refractivity contribution in [3.63, 3.8) is 0 Å². The van der Waals surface area contributed by atoms with Crippen LogP contribution in [0.1, 0.15) is 42.3 Å². The third-order valence-corrected chi connectivity index (χ3v) is 3.61. The molecule has 0 aliphatic rings. The van der Waals surface area contributed by atoms with Gasteiger partial charge in [-0.1, -0.05) is 24.2 Å². The minimum atomic E-state index is 0.0823. The van der Waals surface area contributed by atoms with Crippen LogP contribution in [0.4, 0.5) is 0 Å². The van der Waals surface area contributed by atoms with Crippen molar-refractivity contribution >= 4 is 17.5 Å². The number of carbonyl (C=O) groups excluding carboxylic acids is 1. The second-order valence-corrected chi connectivity index (χ2v) is 5.27. The van der Waals surface area contributed by atoms with Crippen LogP contribution in [0.15, 0.2) is 33.7 Å². The first-order valence-corrected chi connectivity index (χ1v) is 7.23. The Morgan fingerprint density at radius 1 is 1.32 bits per heavy atom. The molecule has 0 bridgehead atoms. The number of hydrogen-bond donors (Lipinski definition) is 0. The molecule has 4 nitrogen and oxygen atoms in total. The van der Waals surface area contributed by atoms with E-state index in [1.54, 1.807) is 18.7 Å². The Labute approximate surface area is 116 Å². The number of rotatable bonds is 6. The Balaban J connectivity index is 1.92. The summed E-state index contributed by atoms with van der Waals surface area (Å²) in [6, 6.07) is 7.55. The molecule has 0 saturated heterocycles. The van der Waals surface area contributed by atoms with Gasteiger partial charge in [-0.3, -0.25) is 4.79 Å². The molecule has 2 rings (SSSR count). The molecule has 2 aromatic rings. The molecule has 5 heteroatoms. The van der Waals surface area contributed by atoms with Gasteiger partial charge in [0.15, 0.2) is 11.6 Å². The Bertz CT molecular complexity index is 549. The van der Waals surface area contributed by atoms with E-state index in [9.17, 15) is 4.79 Å². The monoisotopic (exact) mass is 276 g/mol. The van der Waals surface area contributed by atoms with Gasteiger partial charge in [-0.15, -0.1) is 11.8 Å². The van der Waals surface area contributed by atoms with Gasteiger partial charge < -0.3 is 4.52 Å². The average molecular weight is 276 g/mol. The third-order valence-electron chi connectivity index (χ3n) is 2.60. The van der Waals surface area contributed by atoms with Gasteiger partial charge in [0, 0.05) is 16.9 Å². The van der Waals surface area contributed by atoms with E-state index in [1.807, 2.05) is 24.3 Å². The summed E-state index contributed by atoms with van der Waals surface area (Å²) in [6.07, 6.45) is 1.83. The summed E-state index contributed by atoms with van der Waals surface area (Å²) in [6.45, 7) is 3.64. The highest BCUT2D eigenvalue weighted by Gasteiger charge is 2.06. The van der Waals surface area contributed by atoms with Gasteiger partial charge in [0.2, 0.25) is 5.89 Å². The molecule has 0 unspecified atom stereocenters. The van der Waals surface area contributed by atoms with Gasteiger partial charge in [-0.25, -0.2) is 0 Å². The van der Waals surface area contributed by atoms with Crippen LogP contribution in [0, 0.1) is 0 Å². The number of carbonyl (C=O) groups is 1. The number of Topliss-reactive ketones (excluding diaryl/α,β-unsaturated/α-hetero) is 1. The average Bonchev–Trinajstić information content (AvgIpc) is 2.85. The number of nitrogens with zero attached hydrogens (tertiary/aromatic N) is 2. The number of hydrogen-bond acceptors (Lipinski definition) is 5. The van der Waals surface area contributed by atoms with Crippen molar-refractivity contribution in [1.29, 1.82) is 0 Å². The Hall–Kier alpha value is -1.62. The Morgan fingerprint density at radius 3 is 2.68 bits per heavy atom. The maximum atomic E-state index is 11.2. The largest absolute Gasteiger partial charge is 0.339 e. The predicted molar refractivity (Wildman–Crippen MR) is 74.3 cm³/mol. The maximum absolute atomic E-state index is 11.2. The van der Waals surface area contributed by atoms with Gasteiger partial charge >= 0.3 is 0 Å². The molecular formula is C14H16N2O2S. The van der Waals surface area contributed by atoms with Crippen LogP contribution in [-0.4, -0.2) is 15.9 Å². The van der Waals surface area contributed by atoms with E-state index in [-0.39, 0.29) is 5.78 Å². The quantitative estimate of drug-likeness (QED) is 0.597. The summed E-state index contributed by atoms with van der Waals surface area (Å²) in [5.41, 5.74) is 0.731. The highest BCUT2D eigenvalue weighted by atomic mass is 32.2. The smallest absolute Gasteiger partial charge is 0.226 e. The first-order valence-electron chi connectivity index (χ1n) is 6.24. The lowest BCUT2D eigenvalue weighted by atomic mass is 10.2. The zero-order valence-electron chi connectivity index (χ0n) is 11.0. The van der Waals surface area contributed by atoms with Crippen LogP contribution in [0.2, 0.25) is 0 Å². The molecule has 0 N–H and O–H groups in total. The number of aromatic nitrogens is 2. The van der Waals surface area contributed by atoms with Gasteiger partial charge in [-0.2, -0.15) is 4.98 Å². The number of aryl methyl sites for hydroxylation is 1. The molecule has 0 amide bonds. The highest BCUT2D eigenvalue weighted by Crippen LogP contribution is 2.22. The maximum Gasteiger partial charge on any atom is 0.226 e. The SMILES string of the molecule is CCCc1nc(CSc2ccc(C(C)=O)cc2)no1. The molecule has 0 atom stereocenters. The van der Waals surface area contributed by atoms with Crippen molar-refractivity contribution < 1.29 is 9.32 Å². The van der Waals surface area contributed by atoms with E-state index in [0.717, 1.165) is 23.3 Å². The normalized spacial score (nSPS) is 10.6. The Kier molecular flexibility index (Phi) is 4.74. The Morgan fingerprint density at radius 2 is 2.05 bits per heavy atom. The van der Waals surface area contributed by atoms with E-state index >= 15 is 0 Å². The zero-order valence-corrected chi connectivity index (χ0v) is 11.9. The number of ketones is 1. The highest BCUT2D eigenvalue weighted by molar-refractivity contribution is 7.98. The molecule has 19 heavy (non-hydrogen) atoms. The molecule has 0 radical (unpaired) electrons. The van der Waals surface area contributed by atoms with Crippen LogP contribution in [0.25, 0.3) is 0 Å². The standard InChI is InChI=1S/C14H16N2O2S/c1-3-4-14-15-13(16-18-14)9-19-12-7-5-11(6-8-12)10(2)17/h5-8H,3-4,9H2,1-2H3. The lowest BCUT2D eigenvalue weighted by molar-refractivity contribution is 0.101. The predicted octanol–water partition coefficient (Wildman–Crippen LogP) is 3.52. The fourth-order valence-corrected chi connectivity index (χ4v) is 2.34. The van der Waals surface area contributed by atoms with Crippen LogP contribution >= 0.6 is 11.8 Å². The van der Waals surface area contributed by atoms with Crippen LogP contribution in [-0.2, 0) is 12.2 Å². The number of thioether (sulfide) groups is 1. The van der Waals surface area contributed by atoms with Crippen molar-refractivity contribution in [1.82, 2.24) is 10.1 Å². The number of benzene rings is 1. The fraction of sp³-hybridized carbons (Fsp3) is 0.357. The molecule has 100 valence electrons. The lowest BCUT2D eigenvalue weighted by Gasteiger charge is -1.99.